The highest BCUT2D eigenvalue weighted by atomic mass is 32.1. The van der Waals surface area contributed by atoms with Gasteiger partial charge in [0.15, 0.2) is 17.5 Å². The SMILES string of the molecule is c1ccc(-c2ccc3c(c2)c2ccccc2n3-c2nc(-c3ccccc3)nc(-c3cccc4c3sc3cc(-c5nc(-c6ccccc6)c6sc7ccccc7c6n5)ccc34)n2)cc1. The van der Waals surface area contributed by atoms with E-state index in [0.717, 1.165) is 85.7 Å². The van der Waals surface area contributed by atoms with Gasteiger partial charge in [-0.15, -0.1) is 22.7 Å². The number of thiophene rings is 2. The molecule has 8 heteroatoms. The molecule has 5 heterocycles. The van der Waals surface area contributed by atoms with E-state index in [0.29, 0.717) is 23.4 Å². The third-order valence-electron chi connectivity index (χ3n) is 11.9. The summed E-state index contributed by atoms with van der Waals surface area (Å²) < 4.78 is 6.75. The van der Waals surface area contributed by atoms with Crippen molar-refractivity contribution in [3.05, 3.63) is 194 Å². The van der Waals surface area contributed by atoms with Crippen LogP contribution in [0.2, 0.25) is 0 Å². The van der Waals surface area contributed by atoms with Gasteiger partial charge in [0.2, 0.25) is 5.95 Å². The van der Waals surface area contributed by atoms with Gasteiger partial charge in [-0.2, -0.15) is 9.97 Å². The third kappa shape index (κ3) is 5.87. The van der Waals surface area contributed by atoms with Crippen LogP contribution in [0.25, 0.3) is 125 Å². The van der Waals surface area contributed by atoms with E-state index in [9.17, 15) is 0 Å². The van der Waals surface area contributed by atoms with E-state index in [1.54, 1.807) is 22.7 Å². The number of fused-ring (bicyclic) bond motifs is 9. The smallest absolute Gasteiger partial charge is 0.238 e. The van der Waals surface area contributed by atoms with Crippen LogP contribution >= 0.6 is 22.7 Å². The fraction of sp³-hybridized carbons (Fsp3) is 0. The zero-order valence-electron chi connectivity index (χ0n) is 33.5. The van der Waals surface area contributed by atoms with Crippen LogP contribution in [-0.4, -0.2) is 29.5 Å². The Morgan fingerprint density at radius 1 is 0.333 bits per heavy atom. The van der Waals surface area contributed by atoms with Gasteiger partial charge in [-0.05, 0) is 47.5 Å². The molecule has 0 spiro atoms. The van der Waals surface area contributed by atoms with E-state index in [4.69, 9.17) is 24.9 Å². The Bertz CT molecular complexity index is 3910. The van der Waals surface area contributed by atoms with Gasteiger partial charge >= 0.3 is 0 Å². The van der Waals surface area contributed by atoms with Crippen LogP contribution in [0.1, 0.15) is 0 Å². The molecule has 0 saturated carbocycles. The molecule has 6 nitrogen and oxygen atoms in total. The van der Waals surface area contributed by atoms with E-state index in [1.165, 1.54) is 15.6 Å². The number of nitrogens with zero attached hydrogens (tertiary/aromatic N) is 6. The summed E-state index contributed by atoms with van der Waals surface area (Å²) in [6.07, 6.45) is 0. The van der Waals surface area contributed by atoms with Gasteiger partial charge in [-0.25, -0.2) is 15.0 Å². The van der Waals surface area contributed by atoms with Gasteiger partial charge < -0.3 is 0 Å². The van der Waals surface area contributed by atoms with Crippen molar-refractivity contribution in [1.29, 1.82) is 0 Å². The van der Waals surface area contributed by atoms with Crippen molar-refractivity contribution >= 4 is 85.0 Å². The van der Waals surface area contributed by atoms with Crippen molar-refractivity contribution in [3.8, 4) is 62.5 Å². The number of rotatable bonds is 6. The van der Waals surface area contributed by atoms with E-state index >= 15 is 0 Å². The van der Waals surface area contributed by atoms with Gasteiger partial charge in [0.1, 0.15) is 0 Å². The van der Waals surface area contributed by atoms with E-state index in [1.807, 2.05) is 24.3 Å². The summed E-state index contributed by atoms with van der Waals surface area (Å²) >= 11 is 3.50. The molecule has 0 aliphatic carbocycles. The molecule has 0 radical (unpaired) electrons. The summed E-state index contributed by atoms with van der Waals surface area (Å²) in [5, 5.41) is 5.75. The van der Waals surface area contributed by atoms with Gasteiger partial charge in [0, 0.05) is 63.3 Å². The molecule has 0 unspecified atom stereocenters. The second kappa shape index (κ2) is 14.3. The first-order valence-corrected chi connectivity index (χ1v) is 22.5. The van der Waals surface area contributed by atoms with E-state index in [2.05, 4.69) is 174 Å². The van der Waals surface area contributed by atoms with Crippen molar-refractivity contribution in [2.24, 2.45) is 0 Å². The molecule has 8 aromatic carbocycles. The molecule has 5 aromatic heterocycles. The Morgan fingerprint density at radius 2 is 0.968 bits per heavy atom. The Morgan fingerprint density at radius 3 is 1.79 bits per heavy atom. The zero-order chi connectivity index (χ0) is 41.4. The number of hydrogen-bond donors (Lipinski definition) is 0. The molecule has 0 amide bonds. The first-order chi connectivity index (χ1) is 31.2. The Labute approximate surface area is 369 Å². The van der Waals surface area contributed by atoms with Crippen LogP contribution in [0.3, 0.4) is 0 Å². The van der Waals surface area contributed by atoms with Gasteiger partial charge in [0.25, 0.3) is 0 Å². The topological polar surface area (TPSA) is 69.4 Å². The highest BCUT2D eigenvalue weighted by Crippen LogP contribution is 2.43. The Hall–Kier alpha value is -7.91. The molecule has 294 valence electrons. The first kappa shape index (κ1) is 35.8. The van der Waals surface area contributed by atoms with Gasteiger partial charge in [-0.1, -0.05) is 158 Å². The Kier molecular flexibility index (Phi) is 8.15. The maximum atomic E-state index is 5.35. The van der Waals surface area contributed by atoms with Crippen molar-refractivity contribution in [2.75, 3.05) is 0 Å². The number of hydrogen-bond acceptors (Lipinski definition) is 7. The van der Waals surface area contributed by atoms with E-state index in [-0.39, 0.29) is 0 Å². The molecule has 0 saturated heterocycles. The fourth-order valence-corrected chi connectivity index (χ4v) is 11.3. The minimum atomic E-state index is 0.570. The lowest BCUT2D eigenvalue weighted by Gasteiger charge is -2.11. The quantitative estimate of drug-likeness (QED) is 0.167. The lowest BCUT2D eigenvalue weighted by atomic mass is 10.0. The maximum Gasteiger partial charge on any atom is 0.238 e. The third-order valence-corrected chi connectivity index (χ3v) is 14.3. The molecular formula is C55H32N6S2. The summed E-state index contributed by atoms with van der Waals surface area (Å²) in [6.45, 7) is 0. The molecular weight excluding hydrogens is 809 g/mol. The van der Waals surface area contributed by atoms with Crippen LogP contribution in [-0.2, 0) is 0 Å². The van der Waals surface area contributed by atoms with Crippen molar-refractivity contribution < 1.29 is 0 Å². The molecule has 0 bridgehead atoms. The normalized spacial score (nSPS) is 11.8. The monoisotopic (exact) mass is 840 g/mol. The average Bonchev–Trinajstić information content (AvgIpc) is 4.03. The van der Waals surface area contributed by atoms with Crippen LogP contribution in [0.5, 0.6) is 0 Å². The molecule has 13 aromatic rings. The van der Waals surface area contributed by atoms with Crippen molar-refractivity contribution in [3.63, 3.8) is 0 Å². The van der Waals surface area contributed by atoms with Crippen LogP contribution < -0.4 is 0 Å². The number of aromatic nitrogens is 6. The molecule has 0 N–H and O–H groups in total. The largest absolute Gasteiger partial charge is 0.278 e. The van der Waals surface area contributed by atoms with Gasteiger partial charge in [-0.3, -0.25) is 4.57 Å². The summed E-state index contributed by atoms with van der Waals surface area (Å²) in [4.78, 5) is 26.3. The van der Waals surface area contributed by atoms with Crippen LogP contribution in [0.4, 0.5) is 0 Å². The zero-order valence-corrected chi connectivity index (χ0v) is 35.1. The van der Waals surface area contributed by atoms with Gasteiger partial charge in [0.05, 0.1) is 26.9 Å². The highest BCUT2D eigenvalue weighted by Gasteiger charge is 2.22. The summed E-state index contributed by atoms with van der Waals surface area (Å²) in [5.41, 5.74) is 10.3. The summed E-state index contributed by atoms with van der Waals surface area (Å²) in [7, 11) is 0. The summed E-state index contributed by atoms with van der Waals surface area (Å²) in [6, 6.07) is 67.9. The Balaban J connectivity index is 0.995. The first-order valence-electron chi connectivity index (χ1n) is 20.8. The molecule has 63 heavy (non-hydrogen) atoms. The molecule has 0 atom stereocenters. The molecule has 0 fully saturated rings. The second-order valence-electron chi connectivity index (χ2n) is 15.6. The molecule has 0 aliphatic rings. The number of benzene rings is 8. The second-order valence-corrected chi connectivity index (χ2v) is 17.7. The average molecular weight is 841 g/mol. The number of para-hydroxylation sites is 1. The van der Waals surface area contributed by atoms with Crippen LogP contribution in [0.15, 0.2) is 194 Å². The predicted octanol–water partition coefficient (Wildman–Crippen LogP) is 14.8. The fourth-order valence-electron chi connectivity index (χ4n) is 8.93. The highest BCUT2D eigenvalue weighted by molar-refractivity contribution is 7.26. The minimum absolute atomic E-state index is 0.570. The molecule has 13 rings (SSSR count). The molecule has 0 aliphatic heterocycles. The predicted molar refractivity (Wildman–Crippen MR) is 263 cm³/mol. The lowest BCUT2D eigenvalue weighted by molar-refractivity contribution is 0.954. The van der Waals surface area contributed by atoms with Crippen LogP contribution in [0, 0.1) is 0 Å². The van der Waals surface area contributed by atoms with Crippen molar-refractivity contribution in [1.82, 2.24) is 29.5 Å². The minimum Gasteiger partial charge on any atom is -0.278 e. The lowest BCUT2D eigenvalue weighted by Crippen LogP contribution is -2.06. The summed E-state index contributed by atoms with van der Waals surface area (Å²) in [5.74, 6) is 2.51. The van der Waals surface area contributed by atoms with E-state index < -0.39 is 0 Å². The standard InChI is InChI=1S/C55H32N6S2/c1-4-15-33(16-5-1)36-28-30-45-43(31-36)38-21-10-12-25-44(38)61(45)55-59-52(35-19-8-3-9-20-35)58-54(60-55)42-24-14-23-40-39-29-27-37(32-47(39)63-50(40)42)53-56-48(34-17-6-2-7-18-34)51-49(57-53)41-22-11-13-26-46(41)62-51/h1-32H. The maximum absolute atomic E-state index is 5.35. The van der Waals surface area contributed by atoms with Crippen molar-refractivity contribution in [2.45, 2.75) is 0 Å².